The number of nitrogens with zero attached hydrogens (tertiary/aromatic N) is 2. The standard InChI is InChI=1S/C33H43N5O7/c39-28-27-16-25(45-32(44)37-18-21-10-6-7-11-22(21)19-37)20-38(27)29(40)26(35-31(43)34-24-13-8-9-14-24)15-5-3-1-2-4-12-23-17-33(23,36-28)30(41)42/h4,6-7,10-12,23-27H,1-3,5,8-9,13-20H2,(H,36,39)(H,41,42)(H2,34,35,43)/b12-4+/t23-,25-,26+,27+,33-/m1/s1. The van der Waals surface area contributed by atoms with E-state index in [1.165, 1.54) is 4.90 Å². The number of carboxylic acid groups (broad SMARTS) is 1. The molecule has 1 saturated heterocycles. The summed E-state index contributed by atoms with van der Waals surface area (Å²) in [6.45, 7) is 0.786. The zero-order valence-electron chi connectivity index (χ0n) is 25.5. The predicted molar refractivity (Wildman–Crippen MR) is 163 cm³/mol. The van der Waals surface area contributed by atoms with Gasteiger partial charge in [-0.2, -0.15) is 0 Å². The van der Waals surface area contributed by atoms with Gasteiger partial charge in [-0.15, -0.1) is 0 Å². The summed E-state index contributed by atoms with van der Waals surface area (Å²) in [5.74, 6) is -2.49. The molecule has 0 spiro atoms. The van der Waals surface area contributed by atoms with Crippen LogP contribution in [0.1, 0.15) is 81.8 Å². The van der Waals surface area contributed by atoms with Crippen molar-refractivity contribution < 1.29 is 33.8 Å². The van der Waals surface area contributed by atoms with E-state index in [0.29, 0.717) is 25.9 Å². The second-order valence-electron chi connectivity index (χ2n) is 13.2. The van der Waals surface area contributed by atoms with Gasteiger partial charge in [-0.3, -0.25) is 14.5 Å². The van der Waals surface area contributed by atoms with Crippen molar-refractivity contribution in [2.75, 3.05) is 6.54 Å². The van der Waals surface area contributed by atoms with E-state index < -0.39 is 53.6 Å². The quantitative estimate of drug-likeness (QED) is 0.376. The normalized spacial score (nSPS) is 31.0. The molecule has 5 amide bonds. The molecule has 3 aliphatic heterocycles. The first kappa shape index (κ1) is 30.9. The molecule has 4 N–H and O–H groups in total. The number of rotatable bonds is 4. The number of amides is 5. The van der Waals surface area contributed by atoms with Crippen LogP contribution in [0.15, 0.2) is 36.4 Å². The van der Waals surface area contributed by atoms with E-state index in [2.05, 4.69) is 16.0 Å². The van der Waals surface area contributed by atoms with Gasteiger partial charge >= 0.3 is 18.1 Å². The highest BCUT2D eigenvalue weighted by molar-refractivity contribution is 5.96. The molecule has 2 saturated carbocycles. The van der Waals surface area contributed by atoms with E-state index in [9.17, 15) is 29.1 Å². The van der Waals surface area contributed by atoms with Gasteiger partial charge in [0.25, 0.3) is 0 Å². The molecule has 0 bridgehead atoms. The lowest BCUT2D eigenvalue weighted by atomic mass is 10.0. The Morgan fingerprint density at radius 2 is 1.67 bits per heavy atom. The largest absolute Gasteiger partial charge is 0.479 e. The molecule has 0 aromatic heterocycles. The minimum atomic E-state index is -1.43. The Morgan fingerprint density at radius 3 is 2.38 bits per heavy atom. The lowest BCUT2D eigenvalue weighted by Gasteiger charge is -2.29. The molecule has 5 atom stereocenters. The van der Waals surface area contributed by atoms with Crippen LogP contribution in [-0.2, 0) is 32.2 Å². The maximum Gasteiger partial charge on any atom is 0.410 e. The van der Waals surface area contributed by atoms with Crippen LogP contribution < -0.4 is 16.0 Å². The molecule has 242 valence electrons. The number of fused-ring (bicyclic) bond motifs is 3. The number of carbonyl (C=O) groups is 5. The minimum Gasteiger partial charge on any atom is -0.479 e. The fourth-order valence-corrected chi connectivity index (χ4v) is 7.28. The molecule has 0 radical (unpaired) electrons. The first-order valence-corrected chi connectivity index (χ1v) is 16.4. The van der Waals surface area contributed by atoms with Crippen molar-refractivity contribution >= 4 is 29.9 Å². The fraction of sp³-hybridized carbons (Fsp3) is 0.606. The van der Waals surface area contributed by atoms with Crippen molar-refractivity contribution in [2.24, 2.45) is 5.92 Å². The third kappa shape index (κ3) is 6.79. The summed E-state index contributed by atoms with van der Waals surface area (Å²) in [5, 5.41) is 18.7. The highest BCUT2D eigenvalue weighted by atomic mass is 16.6. The molecule has 12 nitrogen and oxygen atoms in total. The lowest BCUT2D eigenvalue weighted by Crippen LogP contribution is -2.57. The fourth-order valence-electron chi connectivity index (χ4n) is 7.28. The highest BCUT2D eigenvalue weighted by Crippen LogP contribution is 2.45. The summed E-state index contributed by atoms with van der Waals surface area (Å²) in [7, 11) is 0. The summed E-state index contributed by atoms with van der Waals surface area (Å²) in [4.78, 5) is 69.4. The third-order valence-electron chi connectivity index (χ3n) is 9.98. The van der Waals surface area contributed by atoms with E-state index >= 15 is 0 Å². The first-order valence-electron chi connectivity index (χ1n) is 16.4. The van der Waals surface area contributed by atoms with E-state index in [1.807, 2.05) is 36.4 Å². The van der Waals surface area contributed by atoms with E-state index in [1.54, 1.807) is 4.90 Å². The van der Waals surface area contributed by atoms with Crippen molar-refractivity contribution in [3.63, 3.8) is 0 Å². The second kappa shape index (κ2) is 13.1. The second-order valence-corrected chi connectivity index (χ2v) is 13.2. The topological polar surface area (TPSA) is 157 Å². The van der Waals surface area contributed by atoms with Crippen LogP contribution >= 0.6 is 0 Å². The van der Waals surface area contributed by atoms with Crippen molar-refractivity contribution in [1.82, 2.24) is 25.8 Å². The summed E-state index contributed by atoms with van der Waals surface area (Å²) < 4.78 is 5.87. The number of aliphatic carboxylic acids is 1. The number of urea groups is 1. The SMILES string of the molecule is O=C(NC1CCCC1)N[C@H]1CCCCC/C=C/[C@@H]2C[C@@]2(C(=O)O)NC(=O)[C@@H]2C[C@@H](OC(=O)N3Cc4ccccc4C3)CN2C1=O. The maximum absolute atomic E-state index is 14.1. The molecule has 5 aliphatic rings. The Hall–Kier alpha value is -4.09. The van der Waals surface area contributed by atoms with Gasteiger partial charge in [0.2, 0.25) is 11.8 Å². The van der Waals surface area contributed by atoms with Gasteiger partial charge in [0.15, 0.2) is 0 Å². The van der Waals surface area contributed by atoms with Gasteiger partial charge in [0, 0.05) is 31.5 Å². The zero-order valence-corrected chi connectivity index (χ0v) is 25.5. The van der Waals surface area contributed by atoms with Gasteiger partial charge in [-0.1, -0.05) is 62.1 Å². The first-order chi connectivity index (χ1) is 21.7. The van der Waals surface area contributed by atoms with Crippen LogP contribution in [0, 0.1) is 5.92 Å². The molecular formula is C33H43N5O7. The Labute approximate surface area is 262 Å². The molecule has 0 unspecified atom stereocenters. The lowest BCUT2D eigenvalue weighted by molar-refractivity contribution is -0.145. The number of nitrogens with one attached hydrogen (secondary N) is 3. The summed E-state index contributed by atoms with van der Waals surface area (Å²) in [6, 6.07) is 5.49. The molecular weight excluding hydrogens is 578 g/mol. The average molecular weight is 622 g/mol. The number of ether oxygens (including phenoxy) is 1. The smallest absolute Gasteiger partial charge is 0.410 e. The highest BCUT2D eigenvalue weighted by Gasteiger charge is 2.61. The molecule has 3 fully saturated rings. The van der Waals surface area contributed by atoms with Crippen molar-refractivity contribution in [1.29, 1.82) is 0 Å². The van der Waals surface area contributed by atoms with Gasteiger partial charge in [-0.05, 0) is 49.7 Å². The summed E-state index contributed by atoms with van der Waals surface area (Å²) >= 11 is 0. The molecule has 1 aromatic rings. The molecule has 2 aliphatic carbocycles. The van der Waals surface area contributed by atoms with E-state index in [4.69, 9.17) is 4.74 Å². The van der Waals surface area contributed by atoms with Gasteiger partial charge in [0.1, 0.15) is 23.7 Å². The van der Waals surface area contributed by atoms with Crippen molar-refractivity contribution in [3.05, 3.63) is 47.5 Å². The number of hydrogen-bond donors (Lipinski definition) is 4. The molecule has 1 aromatic carbocycles. The third-order valence-corrected chi connectivity index (χ3v) is 9.98. The number of benzene rings is 1. The van der Waals surface area contributed by atoms with E-state index in [-0.39, 0.29) is 31.3 Å². The summed E-state index contributed by atoms with van der Waals surface area (Å²) in [5.41, 5.74) is 0.650. The van der Waals surface area contributed by atoms with E-state index in [0.717, 1.165) is 56.1 Å². The molecule has 12 heteroatoms. The number of hydrogen-bond acceptors (Lipinski definition) is 6. The minimum absolute atomic E-state index is 0.0291. The monoisotopic (exact) mass is 621 g/mol. The van der Waals surface area contributed by atoms with Crippen LogP contribution in [0.3, 0.4) is 0 Å². The van der Waals surface area contributed by atoms with Crippen LogP contribution in [0.5, 0.6) is 0 Å². The molecule has 3 heterocycles. The Kier molecular flexibility index (Phi) is 9.00. The van der Waals surface area contributed by atoms with Crippen LogP contribution in [-0.4, -0.2) is 81.1 Å². The Bertz CT molecular complexity index is 1340. The average Bonchev–Trinajstić information content (AvgIpc) is 3.43. The molecule has 45 heavy (non-hydrogen) atoms. The number of carbonyl (C=O) groups excluding carboxylic acids is 4. The number of allylic oxidation sites excluding steroid dienone is 1. The maximum atomic E-state index is 14.1. The van der Waals surface area contributed by atoms with Gasteiger partial charge in [-0.25, -0.2) is 14.4 Å². The predicted octanol–water partition coefficient (Wildman–Crippen LogP) is 3.20. The Morgan fingerprint density at radius 1 is 0.956 bits per heavy atom. The Balaban J connectivity index is 1.20. The van der Waals surface area contributed by atoms with Crippen molar-refractivity contribution in [2.45, 2.75) is 113 Å². The van der Waals surface area contributed by atoms with Crippen LogP contribution in [0.4, 0.5) is 9.59 Å². The van der Waals surface area contributed by atoms with Gasteiger partial charge in [0.05, 0.1) is 6.54 Å². The van der Waals surface area contributed by atoms with Crippen LogP contribution in [0.2, 0.25) is 0 Å². The van der Waals surface area contributed by atoms with Crippen LogP contribution in [0.25, 0.3) is 0 Å². The molecule has 6 rings (SSSR count). The number of carboxylic acids is 1. The van der Waals surface area contributed by atoms with Gasteiger partial charge < -0.3 is 30.7 Å². The van der Waals surface area contributed by atoms with Crippen molar-refractivity contribution in [3.8, 4) is 0 Å². The zero-order chi connectivity index (χ0) is 31.6. The summed E-state index contributed by atoms with van der Waals surface area (Å²) in [6.07, 6.45) is 10.2.